The molecule has 0 bridgehead atoms. The lowest BCUT2D eigenvalue weighted by atomic mass is 9.92. The fourth-order valence-corrected chi connectivity index (χ4v) is 4.42. The molecule has 0 saturated carbocycles. The molecule has 142 valence electrons. The zero-order valence-electron chi connectivity index (χ0n) is 14.8. The molecule has 1 aromatic rings. The van der Waals surface area contributed by atoms with Crippen LogP contribution in [0.3, 0.4) is 0 Å². The molecule has 0 aromatic carbocycles. The largest absolute Gasteiger partial charge is 0.448 e. The predicted molar refractivity (Wildman–Crippen MR) is 96.6 cm³/mol. The second kappa shape index (κ2) is 7.65. The Kier molecular flexibility index (Phi) is 6.19. The number of nitrogens with one attached hydrogen (secondary N) is 1. The summed E-state index contributed by atoms with van der Waals surface area (Å²) in [6.45, 7) is 5.12. The molecule has 7 nitrogen and oxygen atoms in total. The van der Waals surface area contributed by atoms with E-state index < -0.39 is 10.0 Å². The van der Waals surface area contributed by atoms with Gasteiger partial charge in [-0.1, -0.05) is 0 Å². The van der Waals surface area contributed by atoms with E-state index in [1.54, 1.807) is 6.92 Å². The lowest BCUT2D eigenvalue weighted by Crippen LogP contribution is -2.33. The number of hydrogen-bond acceptors (Lipinski definition) is 5. The highest BCUT2D eigenvalue weighted by Crippen LogP contribution is 2.29. The summed E-state index contributed by atoms with van der Waals surface area (Å²) in [5.74, 6) is 1.49. The van der Waals surface area contributed by atoms with Crippen molar-refractivity contribution in [3.8, 4) is 0 Å². The Morgan fingerprint density at radius 2 is 1.80 bits per heavy atom. The first-order valence-electron chi connectivity index (χ1n) is 8.33. The molecule has 2 atom stereocenters. The van der Waals surface area contributed by atoms with Crippen molar-refractivity contribution in [1.29, 1.82) is 0 Å². The molecule has 2 fully saturated rings. The Morgan fingerprint density at radius 1 is 1.24 bits per heavy atom. The second-order valence-electron chi connectivity index (χ2n) is 6.87. The van der Waals surface area contributed by atoms with Crippen molar-refractivity contribution >= 4 is 28.3 Å². The van der Waals surface area contributed by atoms with Gasteiger partial charge in [0.2, 0.25) is 5.09 Å². The maximum absolute atomic E-state index is 12.8. The van der Waals surface area contributed by atoms with Gasteiger partial charge in [-0.2, -0.15) is 0 Å². The minimum Gasteiger partial charge on any atom is -0.448 e. The molecular formula is C16H26ClN3O4S. The standard InChI is InChI=1S/C16H25N3O4S.ClH/c1-11-14(8-15(23-11)24(21,22)18(2)3)16(20)19-6-4-12-9-17-10-13(12)5-7-19;/h8,12-13,17H,4-7,9-10H2,1-3H3;1H/t12-,13+;. The van der Waals surface area contributed by atoms with Crippen LogP contribution in [0, 0.1) is 18.8 Å². The number of carbonyl (C=O) groups is 1. The molecule has 0 spiro atoms. The molecule has 25 heavy (non-hydrogen) atoms. The van der Waals surface area contributed by atoms with Gasteiger partial charge in [0, 0.05) is 33.3 Å². The van der Waals surface area contributed by atoms with Gasteiger partial charge in [0.25, 0.3) is 15.9 Å². The molecule has 1 N–H and O–H groups in total. The minimum atomic E-state index is -3.67. The zero-order chi connectivity index (χ0) is 17.5. The number of amides is 1. The minimum absolute atomic E-state index is 0. The van der Waals surface area contributed by atoms with E-state index in [4.69, 9.17) is 4.42 Å². The van der Waals surface area contributed by atoms with Crippen LogP contribution in [0.4, 0.5) is 0 Å². The summed E-state index contributed by atoms with van der Waals surface area (Å²) in [6.07, 6.45) is 1.98. The van der Waals surface area contributed by atoms with Gasteiger partial charge in [-0.15, -0.1) is 12.4 Å². The van der Waals surface area contributed by atoms with Gasteiger partial charge in [0.1, 0.15) is 5.76 Å². The van der Waals surface area contributed by atoms with Crippen LogP contribution >= 0.6 is 12.4 Å². The Labute approximate surface area is 155 Å². The van der Waals surface area contributed by atoms with Gasteiger partial charge >= 0.3 is 0 Å². The molecule has 0 unspecified atom stereocenters. The molecule has 2 aliphatic rings. The van der Waals surface area contributed by atoms with E-state index in [9.17, 15) is 13.2 Å². The fourth-order valence-electron chi connectivity index (χ4n) is 3.57. The summed E-state index contributed by atoms with van der Waals surface area (Å²) in [5.41, 5.74) is 0.348. The van der Waals surface area contributed by atoms with Gasteiger partial charge in [-0.25, -0.2) is 12.7 Å². The van der Waals surface area contributed by atoms with Crippen molar-refractivity contribution in [2.75, 3.05) is 40.3 Å². The van der Waals surface area contributed by atoms with Gasteiger partial charge in [0.05, 0.1) is 5.56 Å². The normalized spacial score (nSPS) is 23.9. The van der Waals surface area contributed by atoms with Crippen molar-refractivity contribution < 1.29 is 17.6 Å². The number of hydrogen-bond donors (Lipinski definition) is 1. The fraction of sp³-hybridized carbons (Fsp3) is 0.688. The molecule has 1 aromatic heterocycles. The lowest BCUT2D eigenvalue weighted by molar-refractivity contribution is 0.0756. The Morgan fingerprint density at radius 3 is 2.32 bits per heavy atom. The molecule has 3 rings (SSSR count). The Balaban J connectivity index is 0.00000225. The molecule has 1 amide bonds. The van der Waals surface area contributed by atoms with Crippen LogP contribution < -0.4 is 5.32 Å². The number of rotatable bonds is 3. The van der Waals surface area contributed by atoms with E-state index >= 15 is 0 Å². The highest BCUT2D eigenvalue weighted by Gasteiger charge is 2.33. The molecule has 9 heteroatoms. The highest BCUT2D eigenvalue weighted by molar-refractivity contribution is 7.88. The van der Waals surface area contributed by atoms with E-state index in [2.05, 4.69) is 5.32 Å². The molecular weight excluding hydrogens is 366 g/mol. The quantitative estimate of drug-likeness (QED) is 0.840. The maximum Gasteiger partial charge on any atom is 0.275 e. The van der Waals surface area contributed by atoms with E-state index in [0.717, 1.165) is 30.2 Å². The SMILES string of the molecule is Cc1oc(S(=O)(=O)N(C)C)cc1C(=O)N1CC[C@@H]2CNC[C@@H]2CC1.Cl. The number of nitrogens with zero attached hydrogens (tertiary/aromatic N) is 2. The average molecular weight is 392 g/mol. The highest BCUT2D eigenvalue weighted by atomic mass is 35.5. The Bertz CT molecular complexity index is 718. The first-order chi connectivity index (χ1) is 11.3. The number of likely N-dealkylation sites (tertiary alicyclic amines) is 1. The number of sulfonamides is 1. The summed E-state index contributed by atoms with van der Waals surface area (Å²) < 4.78 is 30.8. The Hall–Kier alpha value is -1.09. The summed E-state index contributed by atoms with van der Waals surface area (Å²) in [4.78, 5) is 14.7. The monoisotopic (exact) mass is 391 g/mol. The van der Waals surface area contributed by atoms with Crippen molar-refractivity contribution in [1.82, 2.24) is 14.5 Å². The molecule has 2 aliphatic heterocycles. The third kappa shape index (κ3) is 3.86. The number of furan rings is 1. The zero-order valence-corrected chi connectivity index (χ0v) is 16.5. The van der Waals surface area contributed by atoms with E-state index in [0.29, 0.717) is 36.2 Å². The average Bonchev–Trinajstić information content (AvgIpc) is 3.08. The van der Waals surface area contributed by atoms with E-state index in [1.165, 1.54) is 20.2 Å². The number of halogens is 1. The van der Waals surface area contributed by atoms with Crippen LogP contribution in [0.15, 0.2) is 15.6 Å². The van der Waals surface area contributed by atoms with Crippen LogP contribution in [0.2, 0.25) is 0 Å². The molecule has 3 heterocycles. The summed E-state index contributed by atoms with van der Waals surface area (Å²) in [7, 11) is -0.793. The van der Waals surface area contributed by atoms with Crippen molar-refractivity contribution in [2.45, 2.75) is 24.9 Å². The van der Waals surface area contributed by atoms with Crippen LogP contribution in [0.5, 0.6) is 0 Å². The van der Waals surface area contributed by atoms with Crippen LogP contribution in [-0.2, 0) is 10.0 Å². The van der Waals surface area contributed by atoms with Gasteiger partial charge < -0.3 is 14.6 Å². The molecule has 0 radical (unpaired) electrons. The summed E-state index contributed by atoms with van der Waals surface area (Å²) in [6, 6.07) is 1.36. The third-order valence-electron chi connectivity index (χ3n) is 5.17. The second-order valence-corrected chi connectivity index (χ2v) is 8.95. The van der Waals surface area contributed by atoms with Crippen LogP contribution in [0.1, 0.15) is 29.0 Å². The maximum atomic E-state index is 12.8. The first kappa shape index (κ1) is 20.2. The van der Waals surface area contributed by atoms with Gasteiger partial charge in [-0.05, 0) is 44.7 Å². The third-order valence-corrected chi connectivity index (χ3v) is 6.84. The van der Waals surface area contributed by atoms with Gasteiger partial charge in [-0.3, -0.25) is 4.79 Å². The number of fused-ring (bicyclic) bond motifs is 1. The smallest absolute Gasteiger partial charge is 0.275 e. The summed E-state index contributed by atoms with van der Waals surface area (Å²) in [5, 5.41) is 3.24. The van der Waals surface area contributed by atoms with E-state index in [1.807, 2.05) is 4.90 Å². The van der Waals surface area contributed by atoms with Crippen molar-refractivity contribution in [3.05, 3.63) is 17.4 Å². The predicted octanol–water partition coefficient (Wildman–Crippen LogP) is 1.33. The van der Waals surface area contributed by atoms with Gasteiger partial charge in [0.15, 0.2) is 0 Å². The topological polar surface area (TPSA) is 82.9 Å². The number of aryl methyl sites for hydroxylation is 1. The molecule has 0 aliphatic carbocycles. The van der Waals surface area contributed by atoms with Crippen molar-refractivity contribution in [3.63, 3.8) is 0 Å². The van der Waals surface area contributed by atoms with Crippen molar-refractivity contribution in [2.24, 2.45) is 11.8 Å². The molecule has 2 saturated heterocycles. The van der Waals surface area contributed by atoms with Crippen LogP contribution in [-0.4, -0.2) is 63.8 Å². The summed E-state index contributed by atoms with van der Waals surface area (Å²) >= 11 is 0. The first-order valence-corrected chi connectivity index (χ1v) is 9.77. The van der Waals surface area contributed by atoms with Crippen LogP contribution in [0.25, 0.3) is 0 Å². The number of carbonyl (C=O) groups excluding carboxylic acids is 1. The lowest BCUT2D eigenvalue weighted by Gasteiger charge is -2.20. The van der Waals surface area contributed by atoms with E-state index in [-0.39, 0.29) is 23.4 Å².